The summed E-state index contributed by atoms with van der Waals surface area (Å²) in [6.07, 6.45) is 6.85. The van der Waals surface area contributed by atoms with Crippen LogP contribution < -0.4 is 5.43 Å². The molecule has 0 radical (unpaired) electrons. The molecule has 2 aliphatic heterocycles. The highest BCUT2D eigenvalue weighted by Crippen LogP contribution is 2.28. The number of rotatable bonds is 6. The lowest BCUT2D eigenvalue weighted by Crippen LogP contribution is -2.52. The maximum Gasteiger partial charge on any atom is 0.235 e. The minimum absolute atomic E-state index is 0.0864. The van der Waals surface area contributed by atoms with Crippen molar-refractivity contribution >= 4 is 5.91 Å². The first-order chi connectivity index (χ1) is 14.3. The van der Waals surface area contributed by atoms with Crippen LogP contribution in [0.25, 0.3) is 0 Å². The Bertz CT molecular complexity index is 711. The van der Waals surface area contributed by atoms with E-state index in [1.807, 2.05) is 12.1 Å². The minimum atomic E-state index is 0.0864. The fourth-order valence-electron chi connectivity index (χ4n) is 4.83. The predicted molar refractivity (Wildman–Crippen MR) is 118 cm³/mol. The van der Waals surface area contributed by atoms with Crippen LogP contribution in [0.4, 0.5) is 0 Å². The monoisotopic (exact) mass is 391 g/mol. The number of likely N-dealkylation sites (tertiary alicyclic amines) is 1. The lowest BCUT2D eigenvalue weighted by molar-refractivity contribution is -0.127. The summed E-state index contributed by atoms with van der Waals surface area (Å²) in [4.78, 5) is 15.6. The van der Waals surface area contributed by atoms with Gasteiger partial charge in [-0.3, -0.25) is 10.2 Å². The zero-order valence-corrected chi connectivity index (χ0v) is 17.3. The molecule has 0 aromatic heterocycles. The third kappa shape index (κ3) is 5.46. The van der Waals surface area contributed by atoms with E-state index in [4.69, 9.17) is 0 Å². The largest absolute Gasteiger partial charge is 0.300 e. The van der Waals surface area contributed by atoms with E-state index in [1.165, 1.54) is 43.5 Å². The molecule has 0 unspecified atom stereocenters. The number of hydrogen-bond acceptors (Lipinski definition) is 3. The van der Waals surface area contributed by atoms with Crippen LogP contribution in [-0.2, 0) is 4.79 Å². The highest BCUT2D eigenvalue weighted by Gasteiger charge is 2.27. The molecule has 29 heavy (non-hydrogen) atoms. The van der Waals surface area contributed by atoms with Crippen LogP contribution in [0, 0.1) is 0 Å². The van der Waals surface area contributed by atoms with Crippen LogP contribution in [0.1, 0.15) is 55.6 Å². The third-order valence-electron chi connectivity index (χ3n) is 6.45. The fourth-order valence-corrected chi connectivity index (χ4v) is 4.83. The molecule has 4 heteroatoms. The number of nitrogens with zero attached hydrogens (tertiary/aromatic N) is 2. The van der Waals surface area contributed by atoms with E-state index >= 15 is 0 Å². The van der Waals surface area contributed by atoms with Gasteiger partial charge in [-0.05, 0) is 49.9 Å². The van der Waals surface area contributed by atoms with Crippen molar-refractivity contribution in [3.8, 4) is 0 Å². The Morgan fingerprint density at radius 1 is 0.828 bits per heavy atom. The third-order valence-corrected chi connectivity index (χ3v) is 6.45. The molecule has 0 atom stereocenters. The second-order valence-corrected chi connectivity index (χ2v) is 8.43. The summed E-state index contributed by atoms with van der Waals surface area (Å²) in [7, 11) is 0. The zero-order chi connectivity index (χ0) is 19.9. The molecule has 2 aromatic rings. The van der Waals surface area contributed by atoms with Gasteiger partial charge in [0.05, 0.1) is 0 Å². The van der Waals surface area contributed by atoms with Gasteiger partial charge in [0.2, 0.25) is 5.91 Å². The second kappa shape index (κ2) is 10.0. The molecule has 2 aromatic carbocycles. The van der Waals surface area contributed by atoms with Crippen LogP contribution >= 0.6 is 0 Å². The molecule has 2 heterocycles. The number of amides is 1. The van der Waals surface area contributed by atoms with Crippen LogP contribution in [0.5, 0.6) is 0 Å². The lowest BCUT2D eigenvalue weighted by Gasteiger charge is -2.40. The number of nitrogens with one attached hydrogen (secondary N) is 1. The van der Waals surface area contributed by atoms with E-state index in [0.29, 0.717) is 12.5 Å². The summed E-state index contributed by atoms with van der Waals surface area (Å²) in [5.41, 5.74) is 5.57. The average molecular weight is 392 g/mol. The summed E-state index contributed by atoms with van der Waals surface area (Å²) in [5, 5.41) is 2.13. The van der Waals surface area contributed by atoms with Crippen molar-refractivity contribution < 1.29 is 4.79 Å². The van der Waals surface area contributed by atoms with Gasteiger partial charge in [-0.15, -0.1) is 0 Å². The van der Waals surface area contributed by atoms with Gasteiger partial charge >= 0.3 is 0 Å². The summed E-state index contributed by atoms with van der Waals surface area (Å²) >= 11 is 0. The van der Waals surface area contributed by atoms with Crippen molar-refractivity contribution in [3.05, 3.63) is 71.8 Å². The Balaban J connectivity index is 1.33. The maximum absolute atomic E-state index is 12.9. The highest BCUT2D eigenvalue weighted by atomic mass is 16.2. The van der Waals surface area contributed by atoms with Crippen molar-refractivity contribution in [2.45, 2.75) is 50.5 Å². The minimum Gasteiger partial charge on any atom is -0.300 e. The summed E-state index contributed by atoms with van der Waals surface area (Å²) in [6.45, 7) is 4.42. The molecule has 2 saturated heterocycles. The molecule has 154 valence electrons. The molecule has 1 N–H and O–H groups in total. The van der Waals surface area contributed by atoms with E-state index in [9.17, 15) is 4.79 Å². The number of carbonyl (C=O) groups excluding carboxylic acids is 1. The quantitative estimate of drug-likeness (QED) is 0.802. The smallest absolute Gasteiger partial charge is 0.235 e. The molecule has 0 saturated carbocycles. The van der Waals surface area contributed by atoms with Gasteiger partial charge in [-0.25, -0.2) is 5.01 Å². The van der Waals surface area contributed by atoms with Gasteiger partial charge in [0.1, 0.15) is 0 Å². The van der Waals surface area contributed by atoms with E-state index in [2.05, 4.69) is 63.9 Å². The van der Waals surface area contributed by atoms with E-state index < -0.39 is 0 Å². The standard InChI is InChI=1S/C25H33N3O/c29-25(26-28-18-14-23(15-19-28)27-16-8-3-9-17-27)20-24(21-10-4-1-5-11-21)22-12-6-2-7-13-22/h1-2,4-7,10-13,23-24H,3,8-9,14-20H2,(H,26,29). The number of piperidine rings is 2. The Morgan fingerprint density at radius 2 is 1.38 bits per heavy atom. The SMILES string of the molecule is O=C(CC(c1ccccc1)c1ccccc1)NN1CCC(N2CCCCC2)CC1. The second-order valence-electron chi connectivity index (χ2n) is 8.43. The lowest BCUT2D eigenvalue weighted by atomic mass is 9.88. The van der Waals surface area contributed by atoms with Gasteiger partial charge in [0.25, 0.3) is 0 Å². The zero-order valence-electron chi connectivity index (χ0n) is 17.3. The van der Waals surface area contributed by atoms with Gasteiger partial charge in [0.15, 0.2) is 0 Å². The van der Waals surface area contributed by atoms with Crippen molar-refractivity contribution in [1.29, 1.82) is 0 Å². The molecular weight excluding hydrogens is 358 g/mol. The van der Waals surface area contributed by atoms with Crippen molar-refractivity contribution in [2.75, 3.05) is 26.2 Å². The molecule has 4 nitrogen and oxygen atoms in total. The van der Waals surface area contributed by atoms with E-state index in [0.717, 1.165) is 25.9 Å². The molecule has 2 aliphatic rings. The van der Waals surface area contributed by atoms with Crippen LogP contribution in [0.3, 0.4) is 0 Å². The van der Waals surface area contributed by atoms with E-state index in [-0.39, 0.29) is 11.8 Å². The van der Waals surface area contributed by atoms with E-state index in [1.54, 1.807) is 0 Å². The van der Waals surface area contributed by atoms with Crippen molar-refractivity contribution in [2.24, 2.45) is 0 Å². The molecule has 2 fully saturated rings. The number of hydrogen-bond donors (Lipinski definition) is 1. The molecule has 0 aliphatic carbocycles. The van der Waals surface area contributed by atoms with Crippen LogP contribution in [0.2, 0.25) is 0 Å². The molecular formula is C25H33N3O. The predicted octanol–water partition coefficient (Wildman–Crippen LogP) is 4.19. The first-order valence-electron chi connectivity index (χ1n) is 11.2. The molecule has 4 rings (SSSR count). The molecule has 0 spiro atoms. The number of hydrazine groups is 1. The maximum atomic E-state index is 12.9. The Hall–Kier alpha value is -2.17. The van der Waals surface area contributed by atoms with Gasteiger partial charge in [0, 0.05) is 31.5 Å². The summed E-state index contributed by atoms with van der Waals surface area (Å²) in [6, 6.07) is 21.4. The normalized spacial score (nSPS) is 19.3. The first-order valence-corrected chi connectivity index (χ1v) is 11.2. The van der Waals surface area contributed by atoms with Crippen LogP contribution in [0.15, 0.2) is 60.7 Å². The number of carbonyl (C=O) groups is 1. The van der Waals surface area contributed by atoms with Gasteiger partial charge in [-0.1, -0.05) is 67.1 Å². The van der Waals surface area contributed by atoms with Crippen molar-refractivity contribution in [3.63, 3.8) is 0 Å². The topological polar surface area (TPSA) is 35.6 Å². The molecule has 1 amide bonds. The Morgan fingerprint density at radius 3 is 1.93 bits per heavy atom. The Labute approximate surface area is 174 Å². The first kappa shape index (κ1) is 20.1. The summed E-state index contributed by atoms with van der Waals surface area (Å²) < 4.78 is 0. The summed E-state index contributed by atoms with van der Waals surface area (Å²) in [5.74, 6) is 0.197. The average Bonchev–Trinajstić information content (AvgIpc) is 2.80. The van der Waals surface area contributed by atoms with Gasteiger partial charge in [-0.2, -0.15) is 0 Å². The van der Waals surface area contributed by atoms with Crippen LogP contribution in [-0.4, -0.2) is 48.0 Å². The highest BCUT2D eigenvalue weighted by molar-refractivity contribution is 5.77. The van der Waals surface area contributed by atoms with Crippen molar-refractivity contribution in [1.82, 2.24) is 15.3 Å². The molecule has 0 bridgehead atoms. The number of benzene rings is 2. The van der Waals surface area contributed by atoms with Gasteiger partial charge < -0.3 is 4.90 Å². The Kier molecular flexibility index (Phi) is 6.96. The fraction of sp³-hybridized carbons (Fsp3) is 0.480.